The monoisotopic (exact) mass is 541 g/mol. The SMILES string of the molecule is CN(C)[C@@H]1C(O)=C(C(N)=O)C(=O)[C@@]2(O)C(O)=C3C(=O)c4c(cc5cccnc5c4O)[C@H](c4ccccc4)[C@H]3CC12. The lowest BCUT2D eigenvalue weighted by Crippen LogP contribution is -2.64. The van der Waals surface area contributed by atoms with E-state index in [1.165, 1.54) is 11.1 Å². The molecule has 0 spiro atoms. The summed E-state index contributed by atoms with van der Waals surface area (Å²) < 4.78 is 0. The van der Waals surface area contributed by atoms with Crippen LogP contribution in [0.5, 0.6) is 5.75 Å². The minimum Gasteiger partial charge on any atom is -0.510 e. The number of carbonyl (C=O) groups is 3. The molecule has 0 aliphatic heterocycles. The zero-order chi connectivity index (χ0) is 28.7. The summed E-state index contributed by atoms with van der Waals surface area (Å²) in [7, 11) is 3.19. The van der Waals surface area contributed by atoms with Crippen molar-refractivity contribution in [3.63, 3.8) is 0 Å². The third-order valence-electron chi connectivity index (χ3n) is 8.59. The molecule has 40 heavy (non-hydrogen) atoms. The van der Waals surface area contributed by atoms with Crippen LogP contribution in [0.2, 0.25) is 0 Å². The minimum atomic E-state index is -2.71. The Hall–Kier alpha value is -4.54. The second kappa shape index (κ2) is 8.73. The highest BCUT2D eigenvalue weighted by Gasteiger charge is 2.64. The molecule has 6 N–H and O–H groups in total. The number of ketones is 2. The molecule has 0 saturated carbocycles. The van der Waals surface area contributed by atoms with Crippen LogP contribution in [-0.4, -0.2) is 73.5 Å². The summed E-state index contributed by atoms with van der Waals surface area (Å²) in [5, 5.41) is 46.5. The van der Waals surface area contributed by atoms with Crippen LogP contribution >= 0.6 is 0 Å². The molecular weight excluding hydrogens is 514 g/mol. The number of primary amides is 1. The number of amides is 1. The number of aromatic nitrogens is 1. The molecule has 2 aromatic carbocycles. The Morgan fingerprint density at radius 2 is 1.77 bits per heavy atom. The van der Waals surface area contributed by atoms with E-state index in [9.17, 15) is 34.8 Å². The van der Waals surface area contributed by atoms with Crippen LogP contribution in [0.25, 0.3) is 10.9 Å². The molecule has 10 heteroatoms. The summed E-state index contributed by atoms with van der Waals surface area (Å²) in [6.45, 7) is 0. The first-order chi connectivity index (χ1) is 19.0. The Balaban J connectivity index is 1.69. The molecule has 0 fully saturated rings. The number of hydrogen-bond acceptors (Lipinski definition) is 9. The van der Waals surface area contributed by atoms with E-state index in [-0.39, 0.29) is 28.8 Å². The summed E-state index contributed by atoms with van der Waals surface area (Å²) >= 11 is 0. The quantitative estimate of drug-likeness (QED) is 0.312. The number of likely N-dealkylation sites (N-methyl/N-ethyl adjacent to an activating group) is 1. The van der Waals surface area contributed by atoms with E-state index < -0.39 is 64.0 Å². The Bertz CT molecular complexity index is 1690. The number of nitrogens with two attached hydrogens (primary N) is 1. The predicted octanol–water partition coefficient (Wildman–Crippen LogP) is 2.26. The highest BCUT2D eigenvalue weighted by Crippen LogP contribution is 2.57. The number of rotatable bonds is 3. The fraction of sp³-hybridized carbons (Fsp3) is 0.267. The maximum absolute atomic E-state index is 14.1. The van der Waals surface area contributed by atoms with Crippen LogP contribution < -0.4 is 5.73 Å². The number of hydrogen-bond donors (Lipinski definition) is 5. The first-order valence-electron chi connectivity index (χ1n) is 12.8. The van der Waals surface area contributed by atoms with E-state index in [0.29, 0.717) is 10.9 Å². The highest BCUT2D eigenvalue weighted by atomic mass is 16.3. The minimum absolute atomic E-state index is 0.0167. The zero-order valence-corrected chi connectivity index (χ0v) is 21.7. The Kier molecular flexibility index (Phi) is 5.62. The van der Waals surface area contributed by atoms with Gasteiger partial charge < -0.3 is 26.2 Å². The van der Waals surface area contributed by atoms with E-state index in [0.717, 1.165) is 5.56 Å². The van der Waals surface area contributed by atoms with Crippen molar-refractivity contribution in [1.82, 2.24) is 9.88 Å². The first kappa shape index (κ1) is 25.7. The largest absolute Gasteiger partial charge is 0.510 e. The average Bonchev–Trinajstić information content (AvgIpc) is 2.91. The van der Waals surface area contributed by atoms with Crippen LogP contribution in [-0.2, 0) is 9.59 Å². The van der Waals surface area contributed by atoms with E-state index in [1.807, 2.05) is 30.3 Å². The fourth-order valence-corrected chi connectivity index (χ4v) is 6.95. The zero-order valence-electron chi connectivity index (χ0n) is 21.7. The molecule has 5 atom stereocenters. The van der Waals surface area contributed by atoms with Crippen LogP contribution in [0.3, 0.4) is 0 Å². The Labute approximate surface area is 228 Å². The van der Waals surface area contributed by atoms with Gasteiger partial charge in [-0.05, 0) is 43.8 Å². The number of aliphatic hydroxyl groups excluding tert-OH is 2. The molecule has 3 aromatic rings. The third-order valence-corrected chi connectivity index (χ3v) is 8.59. The number of nitrogens with zero attached hydrogens (tertiary/aromatic N) is 2. The van der Waals surface area contributed by atoms with Crippen molar-refractivity contribution in [2.45, 2.75) is 24.0 Å². The van der Waals surface area contributed by atoms with Crippen LogP contribution in [0.15, 0.2) is 77.4 Å². The third kappa shape index (κ3) is 3.23. The molecule has 10 nitrogen and oxygen atoms in total. The van der Waals surface area contributed by atoms with Gasteiger partial charge in [-0.25, -0.2) is 0 Å². The number of allylic oxidation sites excluding steroid dienone is 1. The van der Waals surface area contributed by atoms with Crippen molar-refractivity contribution in [2.75, 3.05) is 14.1 Å². The molecule has 0 saturated heterocycles. The van der Waals surface area contributed by atoms with Crippen LogP contribution in [0.4, 0.5) is 0 Å². The smallest absolute Gasteiger partial charge is 0.255 e. The lowest BCUT2D eigenvalue weighted by molar-refractivity contribution is -0.148. The van der Waals surface area contributed by atoms with Crippen molar-refractivity contribution < 1.29 is 34.8 Å². The number of aromatic hydroxyl groups is 1. The van der Waals surface area contributed by atoms with Gasteiger partial charge in [-0.3, -0.25) is 24.3 Å². The number of pyridine rings is 1. The number of aliphatic hydroxyl groups is 3. The Morgan fingerprint density at radius 3 is 2.42 bits per heavy atom. The van der Waals surface area contributed by atoms with Crippen molar-refractivity contribution >= 4 is 28.4 Å². The molecule has 3 aliphatic carbocycles. The molecule has 1 heterocycles. The fourth-order valence-electron chi connectivity index (χ4n) is 6.95. The number of Topliss-reactive ketones (excluding diaryl/α,β-unsaturated/α-hetero) is 2. The van der Waals surface area contributed by atoms with Crippen LogP contribution in [0.1, 0.15) is 33.8 Å². The number of phenolic OH excluding ortho intramolecular Hbond substituents is 1. The normalized spacial score (nSPS) is 28.0. The lowest BCUT2D eigenvalue weighted by atomic mass is 9.55. The topological polar surface area (TPSA) is 174 Å². The van der Waals surface area contributed by atoms with Crippen molar-refractivity contribution in [3.05, 3.63) is 94.1 Å². The second-order valence-electron chi connectivity index (χ2n) is 10.8. The van der Waals surface area contributed by atoms with E-state index in [1.54, 1.807) is 32.3 Å². The van der Waals surface area contributed by atoms with Gasteiger partial charge in [-0.15, -0.1) is 0 Å². The van der Waals surface area contributed by atoms with Crippen molar-refractivity contribution in [1.29, 1.82) is 0 Å². The van der Waals surface area contributed by atoms with E-state index in [2.05, 4.69) is 4.98 Å². The molecule has 204 valence electrons. The maximum Gasteiger partial charge on any atom is 0.255 e. The second-order valence-corrected chi connectivity index (χ2v) is 10.8. The summed E-state index contributed by atoms with van der Waals surface area (Å²) in [4.78, 5) is 45.7. The van der Waals surface area contributed by atoms with Crippen molar-refractivity contribution in [3.8, 4) is 5.75 Å². The maximum atomic E-state index is 14.1. The van der Waals surface area contributed by atoms with Crippen molar-refractivity contribution in [2.24, 2.45) is 17.6 Å². The number of benzene rings is 2. The number of fused-ring (bicyclic) bond motifs is 4. The van der Waals surface area contributed by atoms with E-state index >= 15 is 0 Å². The molecular formula is C30H27N3O7. The van der Waals surface area contributed by atoms with Crippen LogP contribution in [0, 0.1) is 11.8 Å². The van der Waals surface area contributed by atoms with Gasteiger partial charge in [0.2, 0.25) is 5.78 Å². The molecule has 1 aromatic heterocycles. The van der Waals surface area contributed by atoms with Gasteiger partial charge in [-0.2, -0.15) is 0 Å². The summed E-state index contributed by atoms with van der Waals surface area (Å²) in [6.07, 6.45) is 1.47. The Morgan fingerprint density at radius 1 is 1.07 bits per heavy atom. The molecule has 0 bridgehead atoms. The van der Waals surface area contributed by atoms with E-state index in [4.69, 9.17) is 5.73 Å². The highest BCUT2D eigenvalue weighted by molar-refractivity contribution is 6.25. The molecule has 1 amide bonds. The molecule has 3 aliphatic rings. The van der Waals surface area contributed by atoms with Gasteiger partial charge in [0.15, 0.2) is 17.1 Å². The standard InChI is InChI=1S/C30H27N3O7/c1-33(2)23-17-12-16-18(13-7-4-3-5-8-13)15-11-14-9-6-10-32-22(14)25(35)19(15)24(34)20(16)27(37)30(17,40)28(38)21(26(23)36)29(31)39/h3-11,16-18,23,35-37,40H,12H2,1-2H3,(H2,31,39)/t16-,17?,18+,23+,30+/m1/s1. The number of carbonyl (C=O) groups excluding carboxylic acids is 3. The van der Waals surface area contributed by atoms with Gasteiger partial charge in [0.1, 0.15) is 22.6 Å². The van der Waals surface area contributed by atoms with Gasteiger partial charge in [0.25, 0.3) is 5.91 Å². The predicted molar refractivity (Wildman–Crippen MR) is 144 cm³/mol. The summed E-state index contributed by atoms with van der Waals surface area (Å²) in [5.74, 6) is -7.63. The summed E-state index contributed by atoms with van der Waals surface area (Å²) in [5.41, 5.74) is 3.05. The lowest BCUT2D eigenvalue weighted by Gasteiger charge is -2.51. The van der Waals surface area contributed by atoms with Gasteiger partial charge in [0.05, 0.1) is 11.6 Å². The first-order valence-corrected chi connectivity index (χ1v) is 12.8. The van der Waals surface area contributed by atoms with Gasteiger partial charge >= 0.3 is 0 Å². The molecule has 1 unspecified atom stereocenters. The van der Waals surface area contributed by atoms with Gasteiger partial charge in [-0.1, -0.05) is 36.4 Å². The van der Waals surface area contributed by atoms with Gasteiger partial charge in [0, 0.05) is 34.9 Å². The average molecular weight is 542 g/mol. The number of phenols is 1. The molecule has 0 radical (unpaired) electrons. The molecule has 6 rings (SSSR count). The summed E-state index contributed by atoms with van der Waals surface area (Å²) in [6, 6.07) is 13.4.